The summed E-state index contributed by atoms with van der Waals surface area (Å²) in [6.07, 6.45) is 3.02. The Morgan fingerprint density at radius 3 is 2.24 bits per heavy atom. The number of rotatable bonds is 3. The highest BCUT2D eigenvalue weighted by molar-refractivity contribution is 5.67. The highest BCUT2D eigenvalue weighted by atomic mass is 19.1. The number of halogens is 3. The minimum absolute atomic E-state index is 0.213. The zero-order valence-electron chi connectivity index (χ0n) is 12.8. The average Bonchev–Trinajstić information content (AvgIpc) is 3.27. The van der Waals surface area contributed by atoms with E-state index in [4.69, 9.17) is 4.42 Å². The van der Waals surface area contributed by atoms with E-state index in [1.54, 1.807) is 18.2 Å². The van der Waals surface area contributed by atoms with Crippen LogP contribution in [0.4, 0.5) is 13.2 Å². The topological polar surface area (TPSA) is 31.0 Å². The molecule has 2 aromatic carbocycles. The molecule has 25 heavy (non-hydrogen) atoms. The van der Waals surface area contributed by atoms with Gasteiger partial charge < -0.3 is 4.42 Å². The summed E-state index contributed by atoms with van der Waals surface area (Å²) in [6.45, 7) is 0. The molecule has 124 valence electrons. The molecule has 0 aliphatic heterocycles. The Kier molecular flexibility index (Phi) is 3.65. The van der Waals surface area contributed by atoms with Crippen LogP contribution in [-0.2, 0) is 0 Å². The predicted octanol–water partition coefficient (Wildman–Crippen LogP) is 5.22. The number of nitrogens with zero attached hydrogens (tertiary/aromatic N) is 2. The van der Waals surface area contributed by atoms with Gasteiger partial charge in [-0.1, -0.05) is 12.1 Å². The molecule has 2 heterocycles. The van der Waals surface area contributed by atoms with Gasteiger partial charge >= 0.3 is 0 Å². The van der Waals surface area contributed by atoms with Crippen molar-refractivity contribution in [1.82, 2.24) is 9.78 Å². The van der Waals surface area contributed by atoms with E-state index in [1.807, 2.05) is 0 Å². The molecule has 0 fully saturated rings. The first-order chi connectivity index (χ1) is 12.1. The highest BCUT2D eigenvalue weighted by Crippen LogP contribution is 2.30. The van der Waals surface area contributed by atoms with Crippen LogP contribution in [0.15, 0.2) is 71.5 Å². The summed E-state index contributed by atoms with van der Waals surface area (Å²) in [7, 11) is 0. The third-order valence-corrected chi connectivity index (χ3v) is 3.82. The zero-order chi connectivity index (χ0) is 17.4. The molecule has 3 nitrogen and oxygen atoms in total. The fraction of sp³-hybridized carbons (Fsp3) is 0. The summed E-state index contributed by atoms with van der Waals surface area (Å²) in [5, 5.41) is 4.11. The van der Waals surface area contributed by atoms with Gasteiger partial charge in [-0.15, -0.1) is 0 Å². The van der Waals surface area contributed by atoms with Crippen molar-refractivity contribution in [3.05, 3.63) is 84.5 Å². The molecule has 0 bridgehead atoms. The third kappa shape index (κ3) is 2.71. The number of aromatic nitrogens is 2. The van der Waals surface area contributed by atoms with Crippen molar-refractivity contribution in [3.63, 3.8) is 0 Å². The van der Waals surface area contributed by atoms with Crippen molar-refractivity contribution in [2.24, 2.45) is 0 Å². The normalized spacial score (nSPS) is 11.0. The molecule has 4 aromatic rings. The van der Waals surface area contributed by atoms with Gasteiger partial charge in [0.2, 0.25) is 0 Å². The largest absolute Gasteiger partial charge is 0.463 e. The molecular weight excluding hydrogens is 329 g/mol. The lowest BCUT2D eigenvalue weighted by Gasteiger charge is -2.10. The molecular formula is C19H11F3N2O. The Morgan fingerprint density at radius 2 is 1.60 bits per heavy atom. The molecule has 0 radical (unpaired) electrons. The molecule has 6 heteroatoms. The molecule has 0 aliphatic rings. The van der Waals surface area contributed by atoms with Crippen molar-refractivity contribution in [2.45, 2.75) is 0 Å². The minimum Gasteiger partial charge on any atom is -0.463 e. The van der Waals surface area contributed by atoms with Gasteiger partial charge in [0, 0.05) is 12.1 Å². The van der Waals surface area contributed by atoms with E-state index in [-0.39, 0.29) is 16.8 Å². The van der Waals surface area contributed by atoms with Crippen molar-refractivity contribution < 1.29 is 17.6 Å². The first-order valence-electron chi connectivity index (χ1n) is 7.47. The summed E-state index contributed by atoms with van der Waals surface area (Å²) in [5.41, 5.74) is 0.834. The first-order valence-corrected chi connectivity index (χ1v) is 7.47. The van der Waals surface area contributed by atoms with Crippen molar-refractivity contribution in [3.8, 4) is 28.3 Å². The summed E-state index contributed by atoms with van der Waals surface area (Å²) in [5.74, 6) is -1.47. The van der Waals surface area contributed by atoms with E-state index in [0.29, 0.717) is 11.5 Å². The maximum absolute atomic E-state index is 14.6. The Labute approximate surface area is 141 Å². The molecule has 4 rings (SSSR count). The van der Waals surface area contributed by atoms with Crippen LogP contribution in [0.1, 0.15) is 0 Å². The SMILES string of the molecule is Fc1ccc(-c2c(F)cc(-n3nccc3-c3ccco3)cc2F)cc1. The molecule has 0 N–H and O–H groups in total. The van der Waals surface area contributed by atoms with Gasteiger partial charge in [0.25, 0.3) is 0 Å². The van der Waals surface area contributed by atoms with Crippen LogP contribution in [0.2, 0.25) is 0 Å². The van der Waals surface area contributed by atoms with Crippen molar-refractivity contribution in [1.29, 1.82) is 0 Å². The van der Waals surface area contributed by atoms with E-state index in [9.17, 15) is 13.2 Å². The van der Waals surface area contributed by atoms with Gasteiger partial charge in [-0.3, -0.25) is 0 Å². The lowest BCUT2D eigenvalue weighted by Crippen LogP contribution is -2.02. The zero-order valence-corrected chi connectivity index (χ0v) is 12.8. The number of hydrogen-bond acceptors (Lipinski definition) is 2. The van der Waals surface area contributed by atoms with Crippen molar-refractivity contribution >= 4 is 0 Å². The molecule has 0 atom stereocenters. The lowest BCUT2D eigenvalue weighted by molar-refractivity contribution is 0.573. The molecule has 0 saturated carbocycles. The molecule has 0 spiro atoms. The van der Waals surface area contributed by atoms with Crippen LogP contribution in [0.25, 0.3) is 28.3 Å². The molecule has 0 saturated heterocycles. The Hall–Kier alpha value is -3.28. The van der Waals surface area contributed by atoms with Crippen molar-refractivity contribution in [2.75, 3.05) is 0 Å². The lowest BCUT2D eigenvalue weighted by atomic mass is 10.0. The molecule has 2 aromatic heterocycles. The van der Waals surface area contributed by atoms with Crippen LogP contribution >= 0.6 is 0 Å². The fourth-order valence-corrected chi connectivity index (χ4v) is 2.69. The van der Waals surface area contributed by atoms with Crippen LogP contribution in [0.3, 0.4) is 0 Å². The molecule has 0 amide bonds. The predicted molar refractivity (Wildman–Crippen MR) is 86.6 cm³/mol. The number of hydrogen-bond donors (Lipinski definition) is 0. The summed E-state index contributed by atoms with van der Waals surface area (Å²) in [6, 6.07) is 12.5. The Bertz CT molecular complexity index is 998. The Balaban J connectivity index is 1.82. The van der Waals surface area contributed by atoms with Gasteiger partial charge in [0.05, 0.1) is 23.7 Å². The maximum atomic E-state index is 14.6. The van der Waals surface area contributed by atoms with Gasteiger partial charge in [-0.25, -0.2) is 17.9 Å². The second-order valence-corrected chi connectivity index (χ2v) is 5.40. The van der Waals surface area contributed by atoms with Gasteiger partial charge in [-0.05, 0) is 35.9 Å². The minimum atomic E-state index is -0.762. The smallest absolute Gasteiger partial charge is 0.152 e. The maximum Gasteiger partial charge on any atom is 0.152 e. The third-order valence-electron chi connectivity index (χ3n) is 3.82. The van der Waals surface area contributed by atoms with Gasteiger partial charge in [0.15, 0.2) is 5.76 Å². The molecule has 0 aliphatic carbocycles. The van der Waals surface area contributed by atoms with Crippen LogP contribution in [0.5, 0.6) is 0 Å². The quantitative estimate of drug-likeness (QED) is 0.512. The van der Waals surface area contributed by atoms with E-state index in [2.05, 4.69) is 5.10 Å². The second-order valence-electron chi connectivity index (χ2n) is 5.40. The van der Waals surface area contributed by atoms with E-state index in [0.717, 1.165) is 12.1 Å². The average molecular weight is 340 g/mol. The first kappa shape index (κ1) is 15.3. The highest BCUT2D eigenvalue weighted by Gasteiger charge is 2.17. The number of furan rings is 1. The van der Waals surface area contributed by atoms with Crippen LogP contribution in [-0.4, -0.2) is 9.78 Å². The van der Waals surface area contributed by atoms with Gasteiger partial charge in [-0.2, -0.15) is 5.10 Å². The van der Waals surface area contributed by atoms with E-state index >= 15 is 0 Å². The summed E-state index contributed by atoms with van der Waals surface area (Å²) >= 11 is 0. The van der Waals surface area contributed by atoms with E-state index in [1.165, 1.54) is 41.4 Å². The van der Waals surface area contributed by atoms with Gasteiger partial charge in [0.1, 0.15) is 23.1 Å². The van der Waals surface area contributed by atoms with Crippen LogP contribution < -0.4 is 0 Å². The molecule has 0 unspecified atom stereocenters. The fourth-order valence-electron chi connectivity index (χ4n) is 2.69. The number of benzene rings is 2. The standard InChI is InChI=1S/C19H11F3N2O/c20-13-5-3-12(4-6-13)19-15(21)10-14(11-16(19)22)24-17(7-8-23-24)18-2-1-9-25-18/h1-11H. The monoisotopic (exact) mass is 340 g/mol. The summed E-state index contributed by atoms with van der Waals surface area (Å²) in [4.78, 5) is 0. The summed E-state index contributed by atoms with van der Waals surface area (Å²) < 4.78 is 48.9. The Morgan fingerprint density at radius 1 is 0.880 bits per heavy atom. The van der Waals surface area contributed by atoms with E-state index < -0.39 is 17.5 Å². The second kappa shape index (κ2) is 5.98. The van der Waals surface area contributed by atoms with Crippen LogP contribution in [0, 0.1) is 17.5 Å².